The smallest absolute Gasteiger partial charge is 0.0638 e. The molecule has 0 unspecified atom stereocenters. The van der Waals surface area contributed by atoms with E-state index in [-0.39, 0.29) is 6.04 Å². The molecule has 0 spiro atoms. The van der Waals surface area contributed by atoms with E-state index in [1.807, 2.05) is 25.6 Å². The maximum atomic E-state index is 5.73. The minimum atomic E-state index is 0.219. The zero-order chi connectivity index (χ0) is 10.7. The second-order valence-corrected chi connectivity index (χ2v) is 4.09. The molecule has 1 heterocycles. The summed E-state index contributed by atoms with van der Waals surface area (Å²) in [5.41, 5.74) is 8.10. The highest BCUT2D eigenvalue weighted by Gasteiger charge is 2.07. The van der Waals surface area contributed by atoms with Crippen LogP contribution in [0.15, 0.2) is 6.20 Å². The normalized spacial score (nSPS) is 13.6. The third-order valence-electron chi connectivity index (χ3n) is 2.16. The van der Waals surface area contributed by atoms with Gasteiger partial charge < -0.3 is 10.6 Å². The third-order valence-corrected chi connectivity index (χ3v) is 2.16. The van der Waals surface area contributed by atoms with E-state index in [0.29, 0.717) is 0 Å². The van der Waals surface area contributed by atoms with Gasteiger partial charge in [0.1, 0.15) is 0 Å². The Morgan fingerprint density at radius 2 is 2.29 bits per heavy atom. The van der Waals surface area contributed by atoms with Crippen LogP contribution in [0.5, 0.6) is 0 Å². The number of nitrogens with two attached hydrogens (primary N) is 1. The first kappa shape index (κ1) is 11.2. The van der Waals surface area contributed by atoms with Crippen LogP contribution < -0.4 is 5.73 Å². The van der Waals surface area contributed by atoms with Crippen LogP contribution in [0, 0.1) is 6.92 Å². The zero-order valence-electron chi connectivity index (χ0n) is 9.49. The molecule has 14 heavy (non-hydrogen) atoms. The van der Waals surface area contributed by atoms with Crippen LogP contribution in [0.25, 0.3) is 0 Å². The van der Waals surface area contributed by atoms with Crippen molar-refractivity contribution in [3.63, 3.8) is 0 Å². The zero-order valence-corrected chi connectivity index (χ0v) is 9.49. The highest BCUT2D eigenvalue weighted by Crippen LogP contribution is 2.07. The van der Waals surface area contributed by atoms with Gasteiger partial charge in [0.05, 0.1) is 5.69 Å². The molecule has 80 valence electrons. The lowest BCUT2D eigenvalue weighted by Crippen LogP contribution is -2.32. The lowest BCUT2D eigenvalue weighted by molar-refractivity contribution is 0.309. The summed E-state index contributed by atoms with van der Waals surface area (Å²) in [6.45, 7) is 5.89. The van der Waals surface area contributed by atoms with E-state index in [4.69, 9.17) is 5.73 Å². The van der Waals surface area contributed by atoms with E-state index in [2.05, 4.69) is 23.2 Å². The van der Waals surface area contributed by atoms with Gasteiger partial charge in [-0.3, -0.25) is 4.68 Å². The summed E-state index contributed by atoms with van der Waals surface area (Å²) in [5, 5.41) is 4.30. The topological polar surface area (TPSA) is 47.1 Å². The molecule has 1 aromatic rings. The minimum Gasteiger partial charge on any atom is -0.327 e. The molecule has 2 N–H and O–H groups in total. The summed E-state index contributed by atoms with van der Waals surface area (Å²) >= 11 is 0. The number of nitrogens with zero attached hydrogens (tertiary/aromatic N) is 3. The molecule has 0 saturated heterocycles. The van der Waals surface area contributed by atoms with Gasteiger partial charge >= 0.3 is 0 Å². The first-order valence-corrected chi connectivity index (χ1v) is 4.92. The molecule has 1 rings (SSSR count). The largest absolute Gasteiger partial charge is 0.327 e. The van der Waals surface area contributed by atoms with Crippen LogP contribution in [0.3, 0.4) is 0 Å². The van der Waals surface area contributed by atoms with Crippen LogP contribution in [-0.4, -0.2) is 34.3 Å². The molecule has 0 aromatic carbocycles. The summed E-state index contributed by atoms with van der Waals surface area (Å²) < 4.78 is 1.85. The van der Waals surface area contributed by atoms with Crippen molar-refractivity contribution in [2.75, 3.05) is 13.6 Å². The molecule has 0 amide bonds. The number of aryl methyl sites for hydroxylation is 2. The molecule has 0 aliphatic rings. The van der Waals surface area contributed by atoms with Crippen LogP contribution in [-0.2, 0) is 13.6 Å². The summed E-state index contributed by atoms with van der Waals surface area (Å²) in [7, 11) is 4.03. The Labute approximate surface area is 85.7 Å². The van der Waals surface area contributed by atoms with Gasteiger partial charge in [-0.25, -0.2) is 0 Å². The molecular weight excluding hydrogens is 176 g/mol. The fourth-order valence-corrected chi connectivity index (χ4v) is 1.65. The summed E-state index contributed by atoms with van der Waals surface area (Å²) in [4.78, 5) is 2.22. The van der Waals surface area contributed by atoms with Crippen LogP contribution in [0.4, 0.5) is 0 Å². The molecule has 4 nitrogen and oxygen atoms in total. The second-order valence-electron chi connectivity index (χ2n) is 4.09. The maximum absolute atomic E-state index is 5.73. The molecule has 0 radical (unpaired) electrons. The van der Waals surface area contributed by atoms with Gasteiger partial charge in [0.2, 0.25) is 0 Å². The summed E-state index contributed by atoms with van der Waals surface area (Å²) in [5.74, 6) is 0. The van der Waals surface area contributed by atoms with Gasteiger partial charge in [0.25, 0.3) is 0 Å². The molecule has 0 bridgehead atoms. The highest BCUT2D eigenvalue weighted by molar-refractivity contribution is 5.14. The van der Waals surface area contributed by atoms with Crippen molar-refractivity contribution in [1.29, 1.82) is 0 Å². The Balaban J connectivity index is 2.55. The maximum Gasteiger partial charge on any atom is 0.0638 e. The van der Waals surface area contributed by atoms with Gasteiger partial charge in [-0.05, 0) is 20.9 Å². The Bertz CT molecular complexity index is 290. The fourth-order valence-electron chi connectivity index (χ4n) is 1.65. The van der Waals surface area contributed by atoms with E-state index in [9.17, 15) is 0 Å². The van der Waals surface area contributed by atoms with Crippen LogP contribution in [0.1, 0.15) is 18.2 Å². The van der Waals surface area contributed by atoms with E-state index in [0.717, 1.165) is 18.8 Å². The van der Waals surface area contributed by atoms with Crippen molar-refractivity contribution in [2.24, 2.45) is 12.8 Å². The monoisotopic (exact) mass is 196 g/mol. The van der Waals surface area contributed by atoms with Crippen molar-refractivity contribution < 1.29 is 0 Å². The van der Waals surface area contributed by atoms with Gasteiger partial charge in [0.15, 0.2) is 0 Å². The summed E-state index contributed by atoms with van der Waals surface area (Å²) in [6.07, 6.45) is 2.06. The molecule has 0 fully saturated rings. The predicted molar refractivity (Wildman–Crippen MR) is 57.9 cm³/mol. The Morgan fingerprint density at radius 3 is 2.71 bits per heavy atom. The van der Waals surface area contributed by atoms with Crippen LogP contribution in [0.2, 0.25) is 0 Å². The Morgan fingerprint density at radius 1 is 1.64 bits per heavy atom. The Hall–Kier alpha value is -0.870. The van der Waals surface area contributed by atoms with E-state index >= 15 is 0 Å². The van der Waals surface area contributed by atoms with Crippen LogP contribution >= 0.6 is 0 Å². The van der Waals surface area contributed by atoms with Crippen molar-refractivity contribution in [3.8, 4) is 0 Å². The molecule has 1 atom stereocenters. The number of hydrogen-bond donors (Lipinski definition) is 1. The Kier molecular flexibility index (Phi) is 3.66. The average molecular weight is 196 g/mol. The first-order valence-electron chi connectivity index (χ1n) is 4.92. The minimum absolute atomic E-state index is 0.219. The standard InChI is InChI=1S/C10H20N4/c1-8(11)5-13(3)6-10-7-14(4)12-9(10)2/h7-8H,5-6,11H2,1-4H3/t8-/m0/s1. The van der Waals surface area contributed by atoms with Gasteiger partial charge in [-0.15, -0.1) is 0 Å². The van der Waals surface area contributed by atoms with Crippen molar-refractivity contribution in [2.45, 2.75) is 26.4 Å². The lowest BCUT2D eigenvalue weighted by Gasteiger charge is -2.18. The third kappa shape index (κ3) is 3.12. The number of rotatable bonds is 4. The van der Waals surface area contributed by atoms with Crippen molar-refractivity contribution in [3.05, 3.63) is 17.5 Å². The van der Waals surface area contributed by atoms with E-state index in [1.54, 1.807) is 0 Å². The SMILES string of the molecule is Cc1nn(C)cc1CN(C)C[C@H](C)N. The number of aromatic nitrogens is 2. The molecule has 1 aromatic heterocycles. The van der Waals surface area contributed by atoms with Crippen molar-refractivity contribution >= 4 is 0 Å². The quantitative estimate of drug-likeness (QED) is 0.763. The number of likely N-dealkylation sites (N-methyl/N-ethyl adjacent to an activating group) is 1. The molecule has 4 heteroatoms. The van der Waals surface area contributed by atoms with Gasteiger partial charge in [-0.1, -0.05) is 0 Å². The predicted octanol–water partition coefficient (Wildman–Crippen LogP) is 0.508. The molecule has 0 aliphatic heterocycles. The molecule has 0 aliphatic carbocycles. The van der Waals surface area contributed by atoms with E-state index < -0.39 is 0 Å². The highest BCUT2D eigenvalue weighted by atomic mass is 15.3. The number of hydrogen-bond acceptors (Lipinski definition) is 3. The van der Waals surface area contributed by atoms with Crippen molar-refractivity contribution in [1.82, 2.24) is 14.7 Å². The van der Waals surface area contributed by atoms with E-state index in [1.165, 1.54) is 5.56 Å². The fraction of sp³-hybridized carbons (Fsp3) is 0.700. The second kappa shape index (κ2) is 4.57. The van der Waals surface area contributed by atoms with Gasteiger partial charge in [-0.2, -0.15) is 5.10 Å². The lowest BCUT2D eigenvalue weighted by atomic mass is 10.2. The molecule has 0 saturated carbocycles. The summed E-state index contributed by atoms with van der Waals surface area (Å²) in [6, 6.07) is 0.219. The molecular formula is C10H20N4. The van der Waals surface area contributed by atoms with Gasteiger partial charge in [0, 0.05) is 37.9 Å². The first-order chi connectivity index (χ1) is 6.49. The average Bonchev–Trinajstić information content (AvgIpc) is 2.28.